The van der Waals surface area contributed by atoms with Crippen LogP contribution in [0.1, 0.15) is 53.8 Å². The summed E-state index contributed by atoms with van der Waals surface area (Å²) in [5, 5.41) is 17.7. The monoisotopic (exact) mass is 474 g/mol. The zero-order valence-electron chi connectivity index (χ0n) is 18.3. The average Bonchev–Trinajstić information content (AvgIpc) is 3.21. The molecule has 174 valence electrons. The minimum atomic E-state index is -0.996. The molecule has 1 amide bonds. The van der Waals surface area contributed by atoms with Gasteiger partial charge in [-0.05, 0) is 54.4 Å². The molecule has 0 radical (unpaired) electrons. The van der Waals surface area contributed by atoms with E-state index in [2.05, 4.69) is 10.2 Å². The Bertz CT molecular complexity index is 1140. The van der Waals surface area contributed by atoms with Gasteiger partial charge in [0.05, 0.1) is 17.4 Å². The zero-order valence-corrected chi connectivity index (χ0v) is 19.1. The van der Waals surface area contributed by atoms with Crippen molar-refractivity contribution >= 4 is 17.7 Å². The van der Waals surface area contributed by atoms with Crippen LogP contribution in [-0.4, -0.2) is 33.0 Å². The lowest BCUT2D eigenvalue weighted by Crippen LogP contribution is -2.33. The second kappa shape index (κ2) is 9.48. The number of aromatic nitrogens is 3. The summed E-state index contributed by atoms with van der Waals surface area (Å²) in [6, 6.07) is 9.66. The summed E-state index contributed by atoms with van der Waals surface area (Å²) in [4.78, 5) is 11.2. The quantitative estimate of drug-likeness (QED) is 0.400. The average molecular weight is 475 g/mol. The van der Waals surface area contributed by atoms with Crippen LogP contribution in [0.3, 0.4) is 0 Å². The van der Waals surface area contributed by atoms with Gasteiger partial charge in [-0.15, -0.1) is 10.2 Å². The van der Waals surface area contributed by atoms with Gasteiger partial charge in [-0.1, -0.05) is 31.4 Å². The fourth-order valence-corrected chi connectivity index (χ4v) is 5.27. The lowest BCUT2D eigenvalue weighted by Gasteiger charge is -2.37. The molecular weight excluding hydrogens is 450 g/mol. The number of hydrogen-bond donors (Lipinski definition) is 2. The number of methoxy groups -OCH3 is 1. The number of amides is 1. The number of hydrogen-bond acceptors (Lipinski definition) is 6. The molecule has 0 aliphatic heterocycles. The highest BCUT2D eigenvalue weighted by molar-refractivity contribution is 7.99. The van der Waals surface area contributed by atoms with Crippen LogP contribution in [0, 0.1) is 11.6 Å². The Kier molecular flexibility index (Phi) is 6.66. The van der Waals surface area contributed by atoms with E-state index in [0.717, 1.165) is 73.1 Å². The van der Waals surface area contributed by atoms with E-state index >= 15 is 0 Å². The van der Waals surface area contributed by atoms with Crippen LogP contribution in [-0.2, 0) is 12.5 Å². The smallest absolute Gasteiger partial charge is 0.274 e. The molecule has 3 aromatic rings. The highest BCUT2D eigenvalue weighted by Crippen LogP contribution is 2.45. The van der Waals surface area contributed by atoms with Crippen molar-refractivity contribution < 1.29 is 23.5 Å². The van der Waals surface area contributed by atoms with Gasteiger partial charge in [0.15, 0.2) is 5.16 Å². The van der Waals surface area contributed by atoms with Crippen LogP contribution in [0.25, 0.3) is 0 Å². The first-order chi connectivity index (χ1) is 15.9. The summed E-state index contributed by atoms with van der Waals surface area (Å²) < 4.78 is 36.3. The van der Waals surface area contributed by atoms with E-state index in [1.807, 2.05) is 24.3 Å². The summed E-state index contributed by atoms with van der Waals surface area (Å²) in [7, 11) is 3.42. The van der Waals surface area contributed by atoms with Crippen LogP contribution in [0.5, 0.6) is 5.75 Å². The van der Waals surface area contributed by atoms with Crippen LogP contribution < -0.4 is 10.2 Å². The first kappa shape index (κ1) is 23.2. The number of halogens is 2. The van der Waals surface area contributed by atoms with E-state index in [1.54, 1.807) is 18.7 Å². The summed E-state index contributed by atoms with van der Waals surface area (Å²) in [6.07, 6.45) is 5.01. The molecule has 0 bridgehead atoms. The second-order valence-electron chi connectivity index (χ2n) is 8.05. The molecular formula is C23H24F2N4O3S. The van der Waals surface area contributed by atoms with Crippen LogP contribution in [0.15, 0.2) is 46.5 Å². The maximum absolute atomic E-state index is 14.6. The topological polar surface area (TPSA) is 89.3 Å². The number of hydroxylamine groups is 1. The lowest BCUT2D eigenvalue weighted by molar-refractivity contribution is 0.0705. The Labute approximate surface area is 194 Å². The van der Waals surface area contributed by atoms with Gasteiger partial charge in [-0.2, -0.15) is 0 Å². The normalized spacial score (nSPS) is 15.3. The van der Waals surface area contributed by atoms with E-state index < -0.39 is 17.5 Å². The van der Waals surface area contributed by atoms with Gasteiger partial charge in [0.1, 0.15) is 23.2 Å². The minimum Gasteiger partial charge on any atom is -0.497 e. The van der Waals surface area contributed by atoms with Crippen molar-refractivity contribution in [2.24, 2.45) is 7.05 Å². The Balaban J connectivity index is 1.71. The molecule has 1 heterocycles. The van der Waals surface area contributed by atoms with Crippen LogP contribution in [0.4, 0.5) is 8.78 Å². The van der Waals surface area contributed by atoms with Crippen LogP contribution >= 0.6 is 11.8 Å². The largest absolute Gasteiger partial charge is 0.497 e. The number of carbonyl (C=O) groups is 1. The first-order valence-corrected chi connectivity index (χ1v) is 11.4. The third kappa shape index (κ3) is 4.32. The van der Waals surface area contributed by atoms with Crippen molar-refractivity contribution in [2.45, 2.75) is 47.6 Å². The number of nitrogens with zero attached hydrogens (tertiary/aromatic N) is 3. The zero-order chi connectivity index (χ0) is 23.6. The predicted octanol–water partition coefficient (Wildman–Crippen LogP) is 4.62. The van der Waals surface area contributed by atoms with Crippen molar-refractivity contribution in [3.63, 3.8) is 0 Å². The third-order valence-electron chi connectivity index (χ3n) is 6.17. The van der Waals surface area contributed by atoms with Crippen molar-refractivity contribution in [3.8, 4) is 5.75 Å². The molecule has 1 aliphatic carbocycles. The van der Waals surface area contributed by atoms with Gasteiger partial charge in [-0.3, -0.25) is 10.0 Å². The van der Waals surface area contributed by atoms with Crippen LogP contribution in [0.2, 0.25) is 0 Å². The number of carbonyl (C=O) groups excluding carboxylic acids is 1. The summed E-state index contributed by atoms with van der Waals surface area (Å²) in [6.45, 7) is 0. The third-order valence-corrected chi connectivity index (χ3v) is 7.30. The Morgan fingerprint density at radius 2 is 1.76 bits per heavy atom. The van der Waals surface area contributed by atoms with Crippen molar-refractivity contribution in [1.82, 2.24) is 20.2 Å². The van der Waals surface area contributed by atoms with E-state index in [0.29, 0.717) is 5.16 Å². The summed E-state index contributed by atoms with van der Waals surface area (Å²) in [5.41, 5.74) is 1.79. The molecule has 1 fully saturated rings. The molecule has 1 aliphatic rings. The van der Waals surface area contributed by atoms with E-state index in [1.165, 1.54) is 5.48 Å². The molecule has 1 saturated carbocycles. The maximum atomic E-state index is 14.6. The second-order valence-corrected chi connectivity index (χ2v) is 9.03. The number of benzene rings is 2. The minimum absolute atomic E-state index is 0.298. The molecule has 33 heavy (non-hydrogen) atoms. The number of rotatable bonds is 6. The molecule has 0 spiro atoms. The maximum Gasteiger partial charge on any atom is 0.274 e. The molecule has 1 aromatic heterocycles. The molecule has 0 unspecified atom stereocenters. The summed E-state index contributed by atoms with van der Waals surface area (Å²) in [5.74, 6) is -1.34. The molecule has 0 atom stereocenters. The van der Waals surface area contributed by atoms with Gasteiger partial charge in [0.2, 0.25) is 0 Å². The van der Waals surface area contributed by atoms with Crippen molar-refractivity contribution in [2.75, 3.05) is 7.11 Å². The highest BCUT2D eigenvalue weighted by Gasteiger charge is 2.40. The summed E-state index contributed by atoms with van der Waals surface area (Å²) >= 11 is 0.805. The highest BCUT2D eigenvalue weighted by atomic mass is 32.2. The molecule has 10 heteroatoms. The van der Waals surface area contributed by atoms with E-state index in [-0.39, 0.29) is 15.9 Å². The van der Waals surface area contributed by atoms with Gasteiger partial charge in [-0.25, -0.2) is 14.3 Å². The molecule has 2 N–H and O–H groups in total. The van der Waals surface area contributed by atoms with E-state index in [9.17, 15) is 13.6 Å². The first-order valence-electron chi connectivity index (χ1n) is 10.6. The van der Waals surface area contributed by atoms with E-state index in [4.69, 9.17) is 9.94 Å². The Morgan fingerprint density at radius 3 is 2.33 bits per heavy atom. The fourth-order valence-electron chi connectivity index (χ4n) is 4.47. The fraction of sp³-hybridized carbons (Fsp3) is 0.348. The van der Waals surface area contributed by atoms with Crippen molar-refractivity contribution in [1.29, 1.82) is 0 Å². The Hall–Kier alpha value is -2.98. The van der Waals surface area contributed by atoms with Crippen molar-refractivity contribution in [3.05, 3.63) is 65.0 Å². The predicted molar refractivity (Wildman–Crippen MR) is 118 cm³/mol. The standard InChI is InChI=1S/C23H24F2N4O3S/c1-29-21(23(10-4-3-5-11-23)15-6-8-16(32-2)9-7-15)26-27-22(29)33-19-17(24)12-14(13-18(19)25)20(30)28-31/h6-9,12-13,31H,3-5,10-11H2,1-2H3,(H,28,30). The van der Waals surface area contributed by atoms with Gasteiger partial charge >= 0.3 is 0 Å². The van der Waals surface area contributed by atoms with Gasteiger partial charge in [0.25, 0.3) is 5.91 Å². The SMILES string of the molecule is COc1ccc(C2(c3nnc(Sc4c(F)cc(C(=O)NO)cc4F)n3C)CCCCC2)cc1. The number of nitrogens with one attached hydrogen (secondary N) is 1. The molecule has 0 saturated heterocycles. The van der Waals surface area contributed by atoms with Gasteiger partial charge < -0.3 is 9.30 Å². The number of ether oxygens (including phenoxy) is 1. The lowest BCUT2D eigenvalue weighted by atomic mass is 9.68. The molecule has 4 rings (SSSR count). The van der Waals surface area contributed by atoms with Gasteiger partial charge in [0, 0.05) is 12.6 Å². The Morgan fingerprint density at radius 1 is 1.12 bits per heavy atom. The molecule has 2 aromatic carbocycles. The molecule has 7 nitrogen and oxygen atoms in total.